The van der Waals surface area contributed by atoms with Crippen LogP contribution in [0.15, 0.2) is 36.4 Å². The molecular formula is C14H16N2Se2. The number of benzene rings is 2. The molecule has 2 aromatic carbocycles. The van der Waals surface area contributed by atoms with E-state index in [0.29, 0.717) is 26.3 Å². The summed E-state index contributed by atoms with van der Waals surface area (Å²) in [7, 11) is 0. The van der Waals surface area contributed by atoms with Crippen molar-refractivity contribution in [2.24, 2.45) is 0 Å². The van der Waals surface area contributed by atoms with Crippen LogP contribution in [0, 0.1) is 13.8 Å². The molecule has 0 bridgehead atoms. The third kappa shape index (κ3) is 3.30. The van der Waals surface area contributed by atoms with Crippen LogP contribution in [-0.2, 0) is 0 Å². The van der Waals surface area contributed by atoms with Crippen LogP contribution >= 0.6 is 0 Å². The summed E-state index contributed by atoms with van der Waals surface area (Å²) in [4.78, 5) is 0. The quantitative estimate of drug-likeness (QED) is 0.619. The summed E-state index contributed by atoms with van der Waals surface area (Å²) in [6, 6.07) is 12.5. The summed E-state index contributed by atoms with van der Waals surface area (Å²) in [5.41, 5.74) is 16.4. The van der Waals surface area contributed by atoms with Gasteiger partial charge in [0.1, 0.15) is 0 Å². The average molecular weight is 370 g/mol. The molecule has 0 aliphatic rings. The maximum atomic E-state index is 6.02. The van der Waals surface area contributed by atoms with Crippen LogP contribution in [0.25, 0.3) is 0 Å². The van der Waals surface area contributed by atoms with Gasteiger partial charge in [-0.1, -0.05) is 0 Å². The summed E-state index contributed by atoms with van der Waals surface area (Å²) in [5, 5.41) is 0. The molecule has 0 fully saturated rings. The number of rotatable bonds is 3. The van der Waals surface area contributed by atoms with E-state index in [1.54, 1.807) is 0 Å². The van der Waals surface area contributed by atoms with E-state index in [-0.39, 0.29) is 0 Å². The Morgan fingerprint density at radius 2 is 1.11 bits per heavy atom. The Morgan fingerprint density at radius 1 is 0.722 bits per heavy atom. The van der Waals surface area contributed by atoms with Gasteiger partial charge in [0.2, 0.25) is 0 Å². The van der Waals surface area contributed by atoms with Crippen molar-refractivity contribution in [2.45, 2.75) is 13.8 Å². The van der Waals surface area contributed by atoms with Gasteiger partial charge in [0, 0.05) is 0 Å². The molecule has 0 atom stereocenters. The molecule has 0 spiro atoms. The van der Waals surface area contributed by atoms with Crippen LogP contribution < -0.4 is 20.4 Å². The molecular weight excluding hydrogens is 354 g/mol. The number of aryl methyl sites for hydroxylation is 2. The van der Waals surface area contributed by atoms with Crippen molar-refractivity contribution in [2.75, 3.05) is 11.5 Å². The molecule has 2 nitrogen and oxygen atoms in total. The topological polar surface area (TPSA) is 52.0 Å². The normalized spacial score (nSPS) is 10.6. The van der Waals surface area contributed by atoms with E-state index in [4.69, 9.17) is 11.5 Å². The van der Waals surface area contributed by atoms with Gasteiger partial charge < -0.3 is 0 Å². The van der Waals surface area contributed by atoms with Crippen LogP contribution in [0.4, 0.5) is 11.4 Å². The summed E-state index contributed by atoms with van der Waals surface area (Å²) < 4.78 is 2.59. The molecule has 0 radical (unpaired) electrons. The molecule has 2 rings (SSSR count). The first-order chi connectivity index (χ1) is 8.56. The Kier molecular flexibility index (Phi) is 4.36. The molecule has 0 aromatic heterocycles. The van der Waals surface area contributed by atoms with Crippen LogP contribution in [0.2, 0.25) is 0 Å². The standard InChI is InChI=1S/C14H16N2Se2/c1-9-3-5-11(15)13(7-9)17-18-14-8-10(2)4-6-12(14)16/h3-8H,15-16H2,1-2H3. The Bertz CT molecular complexity index is 516. The minimum atomic E-state index is 0.394. The Labute approximate surface area is 119 Å². The molecule has 4 heteroatoms. The molecule has 0 amide bonds. The molecule has 0 unspecified atom stereocenters. The predicted octanol–water partition coefficient (Wildman–Crippen LogP) is 0.742. The molecule has 0 saturated heterocycles. The van der Waals surface area contributed by atoms with E-state index in [1.165, 1.54) is 20.1 Å². The van der Waals surface area contributed by atoms with Gasteiger partial charge in [0.05, 0.1) is 0 Å². The zero-order chi connectivity index (χ0) is 13.1. The summed E-state index contributed by atoms with van der Waals surface area (Å²) in [5.74, 6) is 0. The predicted molar refractivity (Wildman–Crippen MR) is 82.0 cm³/mol. The fraction of sp³-hybridized carbons (Fsp3) is 0.143. The maximum absolute atomic E-state index is 6.02. The van der Waals surface area contributed by atoms with Crippen molar-refractivity contribution in [1.82, 2.24) is 0 Å². The second-order valence-corrected chi connectivity index (χ2v) is 10.4. The Balaban J connectivity index is 2.16. The Hall–Kier alpha value is -0.921. The van der Waals surface area contributed by atoms with Crippen LogP contribution in [-0.4, -0.2) is 26.3 Å². The molecule has 0 heterocycles. The molecule has 0 saturated carbocycles. The molecule has 18 heavy (non-hydrogen) atoms. The second-order valence-electron chi connectivity index (χ2n) is 4.25. The second kappa shape index (κ2) is 5.81. The van der Waals surface area contributed by atoms with Crippen LogP contribution in [0.5, 0.6) is 0 Å². The van der Waals surface area contributed by atoms with Gasteiger partial charge in [-0.3, -0.25) is 0 Å². The molecule has 4 N–H and O–H groups in total. The zero-order valence-electron chi connectivity index (χ0n) is 10.4. The van der Waals surface area contributed by atoms with Crippen LogP contribution in [0.3, 0.4) is 0 Å². The fourth-order valence-electron chi connectivity index (χ4n) is 1.52. The minimum absolute atomic E-state index is 0.394. The number of anilines is 2. The average Bonchev–Trinajstić information content (AvgIpc) is 2.34. The van der Waals surface area contributed by atoms with Gasteiger partial charge in [-0.25, -0.2) is 0 Å². The van der Waals surface area contributed by atoms with Gasteiger partial charge in [0.15, 0.2) is 0 Å². The van der Waals surface area contributed by atoms with Crippen molar-refractivity contribution >= 4 is 46.6 Å². The van der Waals surface area contributed by atoms with E-state index >= 15 is 0 Å². The van der Waals surface area contributed by atoms with Crippen molar-refractivity contribution in [3.63, 3.8) is 0 Å². The fourth-order valence-corrected chi connectivity index (χ4v) is 8.67. The third-order valence-corrected chi connectivity index (χ3v) is 9.79. The first-order valence-electron chi connectivity index (χ1n) is 5.63. The first-order valence-corrected chi connectivity index (χ1v) is 11.7. The number of hydrogen-bond donors (Lipinski definition) is 2. The van der Waals surface area contributed by atoms with Gasteiger partial charge in [-0.05, 0) is 0 Å². The summed E-state index contributed by atoms with van der Waals surface area (Å²) >= 11 is 0.788. The Morgan fingerprint density at radius 3 is 1.50 bits per heavy atom. The van der Waals surface area contributed by atoms with Gasteiger partial charge >= 0.3 is 119 Å². The molecule has 0 aliphatic carbocycles. The number of hydrogen-bond acceptors (Lipinski definition) is 2. The number of nitrogen functional groups attached to an aromatic ring is 2. The van der Waals surface area contributed by atoms with Gasteiger partial charge in [-0.2, -0.15) is 0 Å². The van der Waals surface area contributed by atoms with Crippen molar-refractivity contribution in [3.8, 4) is 0 Å². The van der Waals surface area contributed by atoms with Gasteiger partial charge in [0.25, 0.3) is 0 Å². The van der Waals surface area contributed by atoms with E-state index < -0.39 is 0 Å². The van der Waals surface area contributed by atoms with E-state index in [2.05, 4.69) is 38.1 Å². The molecule has 94 valence electrons. The van der Waals surface area contributed by atoms with E-state index in [1.807, 2.05) is 12.1 Å². The number of nitrogens with two attached hydrogens (primary N) is 2. The molecule has 2 aromatic rings. The SMILES string of the molecule is Cc1ccc(N)c([Se][Se]c2cc(C)ccc2N)c1. The van der Waals surface area contributed by atoms with E-state index in [9.17, 15) is 0 Å². The monoisotopic (exact) mass is 372 g/mol. The van der Waals surface area contributed by atoms with Gasteiger partial charge in [-0.15, -0.1) is 0 Å². The summed E-state index contributed by atoms with van der Waals surface area (Å²) in [6.07, 6.45) is 0. The van der Waals surface area contributed by atoms with Crippen molar-refractivity contribution < 1.29 is 0 Å². The first kappa shape index (κ1) is 13.5. The zero-order valence-corrected chi connectivity index (χ0v) is 13.9. The van der Waals surface area contributed by atoms with E-state index in [0.717, 1.165) is 11.4 Å². The summed E-state index contributed by atoms with van der Waals surface area (Å²) in [6.45, 7) is 4.21. The van der Waals surface area contributed by atoms with Crippen LogP contribution in [0.1, 0.15) is 11.1 Å². The van der Waals surface area contributed by atoms with Crippen molar-refractivity contribution in [1.29, 1.82) is 0 Å². The molecule has 0 aliphatic heterocycles. The van der Waals surface area contributed by atoms with Crippen molar-refractivity contribution in [3.05, 3.63) is 47.5 Å². The third-order valence-electron chi connectivity index (χ3n) is 2.56.